The second-order valence-electron chi connectivity index (χ2n) is 5.92. The number of nitrogens with one attached hydrogen (secondary N) is 1. The van der Waals surface area contributed by atoms with Gasteiger partial charge < -0.3 is 14.5 Å². The van der Waals surface area contributed by atoms with Gasteiger partial charge >= 0.3 is 5.97 Å². The number of carbonyl (C=O) groups excluding carboxylic acids is 1. The number of esters is 1. The Hall–Kier alpha value is -1.88. The molecule has 3 rings (SSSR count). The van der Waals surface area contributed by atoms with Crippen LogP contribution in [0.2, 0.25) is 15.1 Å². The van der Waals surface area contributed by atoms with Crippen molar-refractivity contribution in [1.29, 1.82) is 0 Å². The highest BCUT2D eigenvalue weighted by atomic mass is 35.5. The number of hydrogen-bond donors (Lipinski definition) is 1. The lowest BCUT2D eigenvalue weighted by Crippen LogP contribution is -2.09. The first-order valence-electron chi connectivity index (χ1n) is 8.54. The predicted octanol–water partition coefficient (Wildman–Crippen LogP) is 6.32. The van der Waals surface area contributed by atoms with Crippen LogP contribution >= 0.6 is 34.8 Å². The normalized spacial score (nSPS) is 11.0. The molecule has 0 aliphatic rings. The summed E-state index contributed by atoms with van der Waals surface area (Å²) in [7, 11) is 0. The minimum atomic E-state index is -0.370. The number of hydrogen-bond acceptors (Lipinski definition) is 3. The van der Waals surface area contributed by atoms with Gasteiger partial charge in [0.05, 0.1) is 23.3 Å². The molecule has 0 spiro atoms. The molecule has 1 heterocycles. The fraction of sp³-hybridized carbons (Fsp3) is 0.250. The summed E-state index contributed by atoms with van der Waals surface area (Å²) in [6, 6.07) is 10.7. The van der Waals surface area contributed by atoms with E-state index in [1.807, 2.05) is 12.1 Å². The largest absolute Gasteiger partial charge is 0.494 e. The van der Waals surface area contributed by atoms with Crippen molar-refractivity contribution >= 4 is 51.7 Å². The SMILES string of the molecule is CCOC(=O)c1[nH]c2cc(Cl)ccc2c1CCCOc1ccc(Cl)c(Cl)c1. The van der Waals surface area contributed by atoms with Crippen molar-refractivity contribution in [2.75, 3.05) is 13.2 Å². The number of fused-ring (bicyclic) bond motifs is 1. The van der Waals surface area contributed by atoms with Gasteiger partial charge in [-0.05, 0) is 49.6 Å². The van der Waals surface area contributed by atoms with Gasteiger partial charge in [-0.3, -0.25) is 0 Å². The van der Waals surface area contributed by atoms with Crippen LogP contribution in [0.5, 0.6) is 5.75 Å². The molecule has 0 unspecified atom stereocenters. The molecule has 2 aromatic carbocycles. The Balaban J connectivity index is 1.73. The van der Waals surface area contributed by atoms with Crippen molar-refractivity contribution in [2.45, 2.75) is 19.8 Å². The first-order chi connectivity index (χ1) is 13.0. The highest BCUT2D eigenvalue weighted by Gasteiger charge is 2.18. The number of halogens is 3. The summed E-state index contributed by atoms with van der Waals surface area (Å²) in [6.45, 7) is 2.57. The summed E-state index contributed by atoms with van der Waals surface area (Å²) in [5.41, 5.74) is 2.17. The maximum atomic E-state index is 12.3. The standard InChI is InChI=1S/C20H18Cl3NO3/c1-2-26-20(25)19-15(14-7-5-12(21)10-18(14)24-19)4-3-9-27-13-6-8-16(22)17(23)11-13/h5-8,10-11,24H,2-4,9H2,1H3. The highest BCUT2D eigenvalue weighted by Crippen LogP contribution is 2.28. The van der Waals surface area contributed by atoms with Crippen LogP contribution in [0.3, 0.4) is 0 Å². The van der Waals surface area contributed by atoms with Crippen molar-refractivity contribution in [2.24, 2.45) is 0 Å². The number of benzene rings is 2. The maximum Gasteiger partial charge on any atom is 0.355 e. The second kappa shape index (κ2) is 8.87. The molecule has 3 aromatic rings. The molecule has 0 saturated carbocycles. The average Bonchev–Trinajstić information content (AvgIpc) is 2.99. The lowest BCUT2D eigenvalue weighted by atomic mass is 10.1. The fourth-order valence-electron chi connectivity index (χ4n) is 2.87. The Morgan fingerprint density at radius 1 is 1.07 bits per heavy atom. The summed E-state index contributed by atoms with van der Waals surface area (Å²) in [4.78, 5) is 15.4. The van der Waals surface area contributed by atoms with Crippen LogP contribution in [0.25, 0.3) is 10.9 Å². The van der Waals surface area contributed by atoms with Gasteiger partial charge in [-0.2, -0.15) is 0 Å². The topological polar surface area (TPSA) is 51.3 Å². The van der Waals surface area contributed by atoms with Gasteiger partial charge in [0.25, 0.3) is 0 Å². The van der Waals surface area contributed by atoms with Gasteiger partial charge in [0.1, 0.15) is 11.4 Å². The summed E-state index contributed by atoms with van der Waals surface area (Å²) in [5, 5.41) is 2.50. The van der Waals surface area contributed by atoms with E-state index in [1.54, 1.807) is 31.2 Å². The van der Waals surface area contributed by atoms with Crippen molar-refractivity contribution in [3.05, 3.63) is 62.7 Å². The smallest absolute Gasteiger partial charge is 0.355 e. The molecule has 1 aromatic heterocycles. The zero-order chi connectivity index (χ0) is 19.4. The van der Waals surface area contributed by atoms with Gasteiger partial charge in [-0.25, -0.2) is 4.79 Å². The minimum Gasteiger partial charge on any atom is -0.494 e. The molecule has 0 aliphatic carbocycles. The van der Waals surface area contributed by atoms with Gasteiger partial charge in [-0.15, -0.1) is 0 Å². The molecule has 0 bridgehead atoms. The molecule has 0 aliphatic heterocycles. The monoisotopic (exact) mass is 425 g/mol. The van der Waals surface area contributed by atoms with E-state index in [-0.39, 0.29) is 5.97 Å². The van der Waals surface area contributed by atoms with Crippen LogP contribution in [-0.2, 0) is 11.2 Å². The lowest BCUT2D eigenvalue weighted by Gasteiger charge is -2.08. The van der Waals surface area contributed by atoms with Gasteiger partial charge in [-0.1, -0.05) is 40.9 Å². The minimum absolute atomic E-state index is 0.314. The third-order valence-electron chi connectivity index (χ3n) is 4.08. The first-order valence-corrected chi connectivity index (χ1v) is 9.68. The molecule has 27 heavy (non-hydrogen) atoms. The quantitative estimate of drug-likeness (QED) is 0.355. The third-order valence-corrected chi connectivity index (χ3v) is 5.05. The molecule has 7 heteroatoms. The van der Waals surface area contributed by atoms with E-state index in [1.165, 1.54) is 0 Å². The van der Waals surface area contributed by atoms with E-state index in [0.29, 0.717) is 52.6 Å². The second-order valence-corrected chi connectivity index (χ2v) is 7.17. The van der Waals surface area contributed by atoms with Crippen LogP contribution in [0, 0.1) is 0 Å². The lowest BCUT2D eigenvalue weighted by molar-refractivity contribution is 0.0519. The van der Waals surface area contributed by atoms with Crippen molar-refractivity contribution in [3.63, 3.8) is 0 Å². The summed E-state index contributed by atoms with van der Waals surface area (Å²) in [5.74, 6) is 0.283. The maximum absolute atomic E-state index is 12.3. The molecule has 4 nitrogen and oxygen atoms in total. The number of carbonyl (C=O) groups is 1. The van der Waals surface area contributed by atoms with Crippen LogP contribution in [0.4, 0.5) is 0 Å². The highest BCUT2D eigenvalue weighted by molar-refractivity contribution is 6.42. The third kappa shape index (κ3) is 4.70. The van der Waals surface area contributed by atoms with Crippen molar-refractivity contribution in [1.82, 2.24) is 4.98 Å². The van der Waals surface area contributed by atoms with E-state index in [0.717, 1.165) is 16.5 Å². The van der Waals surface area contributed by atoms with E-state index in [9.17, 15) is 4.79 Å². The fourth-order valence-corrected chi connectivity index (χ4v) is 3.33. The van der Waals surface area contributed by atoms with Gasteiger partial charge in [0.2, 0.25) is 0 Å². The Morgan fingerprint density at radius 3 is 2.63 bits per heavy atom. The average molecular weight is 427 g/mol. The molecule has 0 saturated heterocycles. The summed E-state index contributed by atoms with van der Waals surface area (Å²) in [6.07, 6.45) is 1.36. The van der Waals surface area contributed by atoms with Gasteiger partial charge in [0, 0.05) is 22.0 Å². The first kappa shape index (κ1) is 19.9. The van der Waals surface area contributed by atoms with E-state index in [4.69, 9.17) is 44.3 Å². The zero-order valence-corrected chi connectivity index (χ0v) is 16.9. The Kier molecular flexibility index (Phi) is 6.53. The molecule has 142 valence electrons. The van der Waals surface area contributed by atoms with Crippen molar-refractivity contribution in [3.8, 4) is 5.75 Å². The Bertz CT molecular complexity index is 969. The van der Waals surface area contributed by atoms with E-state index < -0.39 is 0 Å². The van der Waals surface area contributed by atoms with E-state index >= 15 is 0 Å². The summed E-state index contributed by atoms with van der Waals surface area (Å²) < 4.78 is 10.9. The number of H-pyrrole nitrogens is 1. The molecule has 0 amide bonds. The van der Waals surface area contributed by atoms with Crippen molar-refractivity contribution < 1.29 is 14.3 Å². The number of aromatic amines is 1. The number of aromatic nitrogens is 1. The predicted molar refractivity (Wildman–Crippen MR) is 110 cm³/mol. The molecular formula is C20H18Cl3NO3. The molecule has 0 fully saturated rings. The molecule has 1 N–H and O–H groups in total. The molecular weight excluding hydrogens is 409 g/mol. The molecule has 0 radical (unpaired) electrons. The summed E-state index contributed by atoms with van der Waals surface area (Å²) >= 11 is 18.0. The Labute approximate surface area is 172 Å². The van der Waals surface area contributed by atoms with Crippen LogP contribution in [-0.4, -0.2) is 24.2 Å². The van der Waals surface area contributed by atoms with E-state index in [2.05, 4.69) is 4.98 Å². The number of aryl methyl sites for hydroxylation is 1. The molecule has 0 atom stereocenters. The number of ether oxygens (including phenoxy) is 2. The van der Waals surface area contributed by atoms with Crippen LogP contribution in [0.15, 0.2) is 36.4 Å². The van der Waals surface area contributed by atoms with Crippen LogP contribution in [0.1, 0.15) is 29.4 Å². The Morgan fingerprint density at radius 2 is 1.89 bits per heavy atom. The van der Waals surface area contributed by atoms with Gasteiger partial charge in [0.15, 0.2) is 0 Å². The van der Waals surface area contributed by atoms with Crippen LogP contribution < -0.4 is 4.74 Å². The zero-order valence-electron chi connectivity index (χ0n) is 14.7. The number of rotatable bonds is 7.